The molecular weight excluding hydrogens is 304 g/mol. The number of phenols is 1. The Hall–Kier alpha value is -2.67. The van der Waals surface area contributed by atoms with Crippen LogP contribution in [-0.2, 0) is 7.05 Å². The molecule has 1 aromatic heterocycles. The number of benzene rings is 1. The lowest BCUT2D eigenvalue weighted by atomic mass is 10.1. The van der Waals surface area contributed by atoms with Gasteiger partial charge in [0.1, 0.15) is 17.8 Å². The zero-order chi connectivity index (χ0) is 16.3. The molecule has 0 radical (unpaired) electrons. The second-order valence-corrected chi connectivity index (χ2v) is 4.95. The Morgan fingerprint density at radius 2 is 2.14 bits per heavy atom. The molecule has 3 N–H and O–H groups in total. The van der Waals surface area contributed by atoms with E-state index >= 15 is 0 Å². The maximum atomic E-state index is 9.54. The van der Waals surface area contributed by atoms with Crippen molar-refractivity contribution in [3.05, 3.63) is 40.9 Å². The van der Waals surface area contributed by atoms with Gasteiger partial charge in [0.2, 0.25) is 0 Å². The van der Waals surface area contributed by atoms with Crippen molar-refractivity contribution in [3.63, 3.8) is 0 Å². The zero-order valence-electron chi connectivity index (χ0n) is 12.2. The van der Waals surface area contributed by atoms with E-state index in [-0.39, 0.29) is 10.8 Å². The first kappa shape index (κ1) is 15.7. The Bertz CT molecular complexity index is 773. The number of aromatic hydroxyl groups is 1. The molecule has 0 bridgehead atoms. The van der Waals surface area contributed by atoms with Gasteiger partial charge in [-0.3, -0.25) is 4.99 Å². The van der Waals surface area contributed by atoms with Crippen LogP contribution in [0.25, 0.3) is 11.4 Å². The van der Waals surface area contributed by atoms with Gasteiger partial charge in [0, 0.05) is 12.6 Å². The standard InChI is InChI=1S/C14H15ClN6O/c1-8(16)19-13(14-20-18-7-21(14)3)12(17-2)9-4-5-11(22)10(15)6-9/h4-7,22H,2H2,1,3H3,(H2,16,19)/b13-12-. The van der Waals surface area contributed by atoms with E-state index in [0.717, 1.165) is 0 Å². The number of halogens is 1. The summed E-state index contributed by atoms with van der Waals surface area (Å²) in [6.45, 7) is 5.23. The Balaban J connectivity index is 2.74. The third-order valence-electron chi connectivity index (χ3n) is 2.81. The topological polar surface area (TPSA) is 102 Å². The van der Waals surface area contributed by atoms with E-state index < -0.39 is 0 Å². The molecule has 0 saturated carbocycles. The molecule has 0 amide bonds. The van der Waals surface area contributed by atoms with Gasteiger partial charge in [0.05, 0.1) is 16.6 Å². The van der Waals surface area contributed by atoms with Crippen LogP contribution in [0.2, 0.25) is 5.02 Å². The molecule has 0 aliphatic rings. The lowest BCUT2D eigenvalue weighted by Crippen LogP contribution is -2.07. The SMILES string of the molecule is C=N/C(=C(\N=C(C)N)c1nncn1C)c1ccc(O)c(Cl)c1. The Labute approximate surface area is 132 Å². The van der Waals surface area contributed by atoms with Gasteiger partial charge >= 0.3 is 0 Å². The normalized spacial score (nSPS) is 13.0. The van der Waals surface area contributed by atoms with E-state index in [9.17, 15) is 5.11 Å². The number of aliphatic imine (C=N–C) groups is 2. The molecule has 1 heterocycles. The van der Waals surface area contributed by atoms with Gasteiger partial charge in [-0.15, -0.1) is 10.2 Å². The number of aryl methyl sites for hydroxylation is 1. The van der Waals surface area contributed by atoms with Crippen LogP contribution in [0.3, 0.4) is 0 Å². The van der Waals surface area contributed by atoms with E-state index in [1.54, 1.807) is 37.0 Å². The van der Waals surface area contributed by atoms with Crippen LogP contribution < -0.4 is 5.73 Å². The van der Waals surface area contributed by atoms with Crippen molar-refractivity contribution in [2.75, 3.05) is 0 Å². The molecule has 22 heavy (non-hydrogen) atoms. The lowest BCUT2D eigenvalue weighted by molar-refractivity contribution is 0.475. The van der Waals surface area contributed by atoms with Crippen molar-refractivity contribution in [3.8, 4) is 5.75 Å². The number of phenolic OH excluding ortho intramolecular Hbond substituents is 1. The molecule has 8 heteroatoms. The first-order chi connectivity index (χ1) is 10.4. The molecule has 0 aliphatic heterocycles. The van der Waals surface area contributed by atoms with E-state index in [1.807, 2.05) is 0 Å². The smallest absolute Gasteiger partial charge is 0.184 e. The molecule has 0 saturated heterocycles. The fourth-order valence-corrected chi connectivity index (χ4v) is 2.02. The van der Waals surface area contributed by atoms with Gasteiger partial charge in [-0.1, -0.05) is 11.6 Å². The van der Waals surface area contributed by atoms with Crippen molar-refractivity contribution >= 4 is 35.5 Å². The summed E-state index contributed by atoms with van der Waals surface area (Å²) in [6, 6.07) is 4.69. The summed E-state index contributed by atoms with van der Waals surface area (Å²) in [5.41, 5.74) is 7.18. The quantitative estimate of drug-likeness (QED) is 0.665. The first-order valence-corrected chi connectivity index (χ1v) is 6.67. The lowest BCUT2D eigenvalue weighted by Gasteiger charge is -2.09. The summed E-state index contributed by atoms with van der Waals surface area (Å²) < 4.78 is 1.69. The highest BCUT2D eigenvalue weighted by Gasteiger charge is 2.16. The van der Waals surface area contributed by atoms with Crippen LogP contribution in [0, 0.1) is 0 Å². The second-order valence-electron chi connectivity index (χ2n) is 4.54. The van der Waals surface area contributed by atoms with Crippen LogP contribution in [0.4, 0.5) is 0 Å². The zero-order valence-corrected chi connectivity index (χ0v) is 12.9. The van der Waals surface area contributed by atoms with Gasteiger partial charge in [-0.05, 0) is 31.8 Å². The molecule has 0 spiro atoms. The van der Waals surface area contributed by atoms with Crippen LogP contribution in [0.15, 0.2) is 34.5 Å². The average molecular weight is 319 g/mol. The Morgan fingerprint density at radius 1 is 1.41 bits per heavy atom. The Morgan fingerprint density at radius 3 is 2.64 bits per heavy atom. The minimum atomic E-state index is -0.0208. The number of hydrogen-bond acceptors (Lipinski definition) is 5. The van der Waals surface area contributed by atoms with Gasteiger partial charge in [-0.2, -0.15) is 0 Å². The summed E-state index contributed by atoms with van der Waals surface area (Å²) in [5, 5.41) is 17.6. The molecule has 0 atom stereocenters. The van der Waals surface area contributed by atoms with Gasteiger partial charge < -0.3 is 15.4 Å². The molecular formula is C14H15ClN6O. The third kappa shape index (κ3) is 3.15. The van der Waals surface area contributed by atoms with Crippen LogP contribution in [0.1, 0.15) is 18.3 Å². The van der Waals surface area contributed by atoms with Crippen LogP contribution >= 0.6 is 11.6 Å². The molecule has 0 unspecified atom stereocenters. The molecule has 0 aliphatic carbocycles. The molecule has 2 aromatic rings. The molecule has 1 aromatic carbocycles. The van der Waals surface area contributed by atoms with Crippen molar-refractivity contribution in [2.24, 2.45) is 22.8 Å². The second kappa shape index (κ2) is 6.40. The number of nitrogens with two attached hydrogens (primary N) is 1. The Kier molecular flexibility index (Phi) is 4.57. The highest BCUT2D eigenvalue weighted by Crippen LogP contribution is 2.32. The highest BCUT2D eigenvalue weighted by molar-refractivity contribution is 6.32. The fraction of sp³-hybridized carbons (Fsp3) is 0.143. The molecule has 0 fully saturated rings. The number of rotatable bonds is 4. The van der Waals surface area contributed by atoms with Gasteiger partial charge in [-0.25, -0.2) is 4.99 Å². The summed E-state index contributed by atoms with van der Waals surface area (Å²) >= 11 is 5.95. The molecule has 7 nitrogen and oxygen atoms in total. The minimum absolute atomic E-state index is 0.0208. The monoisotopic (exact) mass is 318 g/mol. The van der Waals surface area contributed by atoms with Crippen molar-refractivity contribution in [1.29, 1.82) is 0 Å². The maximum Gasteiger partial charge on any atom is 0.184 e. The van der Waals surface area contributed by atoms with E-state index in [1.165, 1.54) is 6.07 Å². The van der Waals surface area contributed by atoms with Crippen molar-refractivity contribution < 1.29 is 5.11 Å². The summed E-state index contributed by atoms with van der Waals surface area (Å²) in [7, 11) is 1.78. The average Bonchev–Trinajstić information content (AvgIpc) is 2.88. The minimum Gasteiger partial charge on any atom is -0.506 e. The first-order valence-electron chi connectivity index (χ1n) is 6.29. The van der Waals surface area contributed by atoms with Crippen LogP contribution in [-0.4, -0.2) is 32.4 Å². The van der Waals surface area contributed by atoms with Crippen LogP contribution in [0.5, 0.6) is 5.75 Å². The molecule has 114 valence electrons. The summed E-state index contributed by atoms with van der Waals surface area (Å²) in [4.78, 5) is 8.32. The number of aromatic nitrogens is 3. The third-order valence-corrected chi connectivity index (χ3v) is 3.12. The van der Waals surface area contributed by atoms with Gasteiger partial charge in [0.25, 0.3) is 0 Å². The number of nitrogens with zero attached hydrogens (tertiary/aromatic N) is 5. The highest BCUT2D eigenvalue weighted by atomic mass is 35.5. The largest absolute Gasteiger partial charge is 0.506 e. The fourth-order valence-electron chi connectivity index (χ4n) is 1.84. The predicted octanol–water partition coefficient (Wildman–Crippen LogP) is 2.08. The van der Waals surface area contributed by atoms with Gasteiger partial charge in [0.15, 0.2) is 5.82 Å². The predicted molar refractivity (Wildman–Crippen MR) is 87.8 cm³/mol. The maximum absolute atomic E-state index is 9.54. The molecule has 2 rings (SSSR count). The number of hydrogen-bond donors (Lipinski definition) is 2. The summed E-state index contributed by atoms with van der Waals surface area (Å²) in [5.74, 6) is 0.799. The van der Waals surface area contributed by atoms with E-state index in [2.05, 4.69) is 26.9 Å². The van der Waals surface area contributed by atoms with Crippen molar-refractivity contribution in [1.82, 2.24) is 14.8 Å². The van der Waals surface area contributed by atoms with E-state index in [4.69, 9.17) is 17.3 Å². The summed E-state index contributed by atoms with van der Waals surface area (Å²) in [6.07, 6.45) is 1.54. The number of amidine groups is 1. The van der Waals surface area contributed by atoms with E-state index in [0.29, 0.717) is 28.6 Å². The van der Waals surface area contributed by atoms with Crippen molar-refractivity contribution in [2.45, 2.75) is 6.92 Å².